The SMILES string of the molecule is NC(=O)C1CC(C(F)(F)F)CN1[C@@H](C[C@@H]1CCNC1=O)C(=O)COC(F)(F)F. The molecule has 0 radical (unpaired) electrons. The number of nitrogens with two attached hydrogens (primary N) is 1. The third kappa shape index (κ3) is 5.56. The first-order valence-corrected chi connectivity index (χ1v) is 8.42. The van der Waals surface area contributed by atoms with Crippen LogP contribution in [-0.4, -0.2) is 66.8 Å². The van der Waals surface area contributed by atoms with Gasteiger partial charge in [0, 0.05) is 19.0 Å². The summed E-state index contributed by atoms with van der Waals surface area (Å²) in [6.07, 6.45) is -10.6. The second kappa shape index (κ2) is 8.23. The molecule has 2 aliphatic rings. The number of nitrogens with one attached hydrogen (secondary N) is 1. The van der Waals surface area contributed by atoms with Crippen LogP contribution in [-0.2, 0) is 19.1 Å². The van der Waals surface area contributed by atoms with E-state index in [4.69, 9.17) is 5.73 Å². The van der Waals surface area contributed by atoms with E-state index in [1.54, 1.807) is 0 Å². The number of carbonyl (C=O) groups is 3. The van der Waals surface area contributed by atoms with Crippen LogP contribution in [0.4, 0.5) is 26.3 Å². The summed E-state index contributed by atoms with van der Waals surface area (Å²) in [4.78, 5) is 36.6. The molecule has 2 amide bonds. The number of amides is 2. The summed E-state index contributed by atoms with van der Waals surface area (Å²) < 4.78 is 79.6. The van der Waals surface area contributed by atoms with Gasteiger partial charge in [0.05, 0.1) is 18.0 Å². The molecule has 2 heterocycles. The van der Waals surface area contributed by atoms with E-state index >= 15 is 0 Å². The Balaban J connectivity index is 2.25. The van der Waals surface area contributed by atoms with E-state index in [2.05, 4.69) is 10.1 Å². The fourth-order valence-corrected chi connectivity index (χ4v) is 3.56. The van der Waals surface area contributed by atoms with Gasteiger partial charge in [-0.05, 0) is 19.3 Å². The van der Waals surface area contributed by atoms with Crippen molar-refractivity contribution in [1.82, 2.24) is 10.2 Å². The molecule has 28 heavy (non-hydrogen) atoms. The number of primary amides is 1. The van der Waals surface area contributed by atoms with Crippen LogP contribution in [0.3, 0.4) is 0 Å². The predicted octanol–water partition coefficient (Wildman–Crippen LogP) is 0.725. The third-order valence-electron chi connectivity index (χ3n) is 4.95. The van der Waals surface area contributed by atoms with E-state index in [9.17, 15) is 40.7 Å². The topological polar surface area (TPSA) is 102 Å². The van der Waals surface area contributed by atoms with Crippen molar-refractivity contribution in [3.8, 4) is 0 Å². The molecule has 2 aliphatic heterocycles. The van der Waals surface area contributed by atoms with Crippen LogP contribution in [0.5, 0.6) is 0 Å². The van der Waals surface area contributed by atoms with Crippen molar-refractivity contribution < 1.29 is 45.5 Å². The summed E-state index contributed by atoms with van der Waals surface area (Å²) in [5.41, 5.74) is 5.16. The Morgan fingerprint density at radius 1 is 1.25 bits per heavy atom. The molecule has 2 unspecified atom stereocenters. The molecule has 0 bridgehead atoms. The van der Waals surface area contributed by atoms with Gasteiger partial charge in [-0.25, -0.2) is 0 Å². The van der Waals surface area contributed by atoms with Crippen molar-refractivity contribution in [2.45, 2.75) is 43.9 Å². The van der Waals surface area contributed by atoms with Gasteiger partial charge in [-0.2, -0.15) is 13.2 Å². The molecule has 3 N–H and O–H groups in total. The number of halogens is 6. The molecule has 2 fully saturated rings. The van der Waals surface area contributed by atoms with Crippen LogP contribution in [0.1, 0.15) is 19.3 Å². The van der Waals surface area contributed by atoms with E-state index in [0.29, 0.717) is 0 Å². The first-order chi connectivity index (χ1) is 12.8. The van der Waals surface area contributed by atoms with Crippen molar-refractivity contribution >= 4 is 17.6 Å². The number of ketones is 1. The highest BCUT2D eigenvalue weighted by Gasteiger charge is 2.52. The Hall–Kier alpha value is -1.89. The number of Topliss-reactive ketones (excluding diaryl/α,β-unsaturated/α-hetero) is 1. The van der Waals surface area contributed by atoms with Gasteiger partial charge < -0.3 is 11.1 Å². The van der Waals surface area contributed by atoms with Gasteiger partial charge in [0.15, 0.2) is 5.78 Å². The smallest absolute Gasteiger partial charge is 0.368 e. The zero-order valence-corrected chi connectivity index (χ0v) is 14.5. The van der Waals surface area contributed by atoms with Gasteiger partial charge in [0.25, 0.3) is 0 Å². The second-order valence-electron chi connectivity index (χ2n) is 6.82. The number of carbonyl (C=O) groups excluding carboxylic acids is 3. The van der Waals surface area contributed by atoms with Gasteiger partial charge in [-0.1, -0.05) is 0 Å². The molecule has 0 spiro atoms. The van der Waals surface area contributed by atoms with Crippen LogP contribution in [0, 0.1) is 11.8 Å². The van der Waals surface area contributed by atoms with Crippen LogP contribution < -0.4 is 11.1 Å². The van der Waals surface area contributed by atoms with Gasteiger partial charge in [-0.3, -0.25) is 24.0 Å². The minimum atomic E-state index is -5.12. The van der Waals surface area contributed by atoms with Crippen LogP contribution >= 0.6 is 0 Å². The number of hydrogen-bond donors (Lipinski definition) is 2. The minimum absolute atomic E-state index is 0.264. The van der Waals surface area contributed by atoms with Gasteiger partial charge in [-0.15, -0.1) is 13.2 Å². The normalized spacial score (nSPS) is 27.6. The summed E-state index contributed by atoms with van der Waals surface area (Å²) >= 11 is 0. The van der Waals surface area contributed by atoms with Gasteiger partial charge in [0.2, 0.25) is 11.8 Å². The van der Waals surface area contributed by atoms with E-state index in [1.165, 1.54) is 0 Å². The standard InChI is InChI=1S/C15H19F6N3O4/c16-14(17,18)8-4-10(12(22)26)24(5-8)9(3-7-1-2-23-13(7)27)11(25)6-28-15(19,20)21/h7-10H,1-6H2,(H2,22,26)(H,23,27)/t7-,8?,9-,10?/m0/s1. The molecule has 0 aliphatic carbocycles. The van der Waals surface area contributed by atoms with Crippen molar-refractivity contribution in [3.05, 3.63) is 0 Å². The van der Waals surface area contributed by atoms with E-state index in [1.807, 2.05) is 0 Å². The first-order valence-electron chi connectivity index (χ1n) is 8.42. The maximum absolute atomic E-state index is 13.1. The van der Waals surface area contributed by atoms with E-state index in [0.717, 1.165) is 4.90 Å². The van der Waals surface area contributed by atoms with Crippen molar-refractivity contribution in [1.29, 1.82) is 0 Å². The lowest BCUT2D eigenvalue weighted by Gasteiger charge is -2.32. The summed E-state index contributed by atoms with van der Waals surface area (Å²) in [7, 11) is 0. The Labute approximate surface area is 155 Å². The fourth-order valence-electron chi connectivity index (χ4n) is 3.56. The maximum atomic E-state index is 13.1. The van der Waals surface area contributed by atoms with Crippen LogP contribution in [0.25, 0.3) is 0 Å². The second-order valence-corrected chi connectivity index (χ2v) is 6.82. The number of likely N-dealkylation sites (tertiary alicyclic amines) is 1. The quantitative estimate of drug-likeness (QED) is 0.593. The Bertz CT molecular complexity index is 624. The van der Waals surface area contributed by atoms with Gasteiger partial charge >= 0.3 is 12.5 Å². The number of rotatable bonds is 7. The van der Waals surface area contributed by atoms with Crippen molar-refractivity contribution in [3.63, 3.8) is 0 Å². The van der Waals surface area contributed by atoms with Gasteiger partial charge in [0.1, 0.15) is 6.61 Å². The zero-order chi connectivity index (χ0) is 21.3. The highest BCUT2D eigenvalue weighted by Crippen LogP contribution is 2.38. The zero-order valence-electron chi connectivity index (χ0n) is 14.5. The van der Waals surface area contributed by atoms with E-state index < -0.39 is 73.6 Å². The lowest BCUT2D eigenvalue weighted by molar-refractivity contribution is -0.321. The minimum Gasteiger partial charge on any atom is -0.368 e. The Kier molecular flexibility index (Phi) is 6.58. The van der Waals surface area contributed by atoms with Crippen molar-refractivity contribution in [2.75, 3.05) is 19.7 Å². The molecule has 2 rings (SSSR count). The molecule has 0 aromatic rings. The molecule has 160 valence electrons. The highest BCUT2D eigenvalue weighted by molar-refractivity contribution is 5.88. The lowest BCUT2D eigenvalue weighted by Crippen LogP contribution is -2.51. The summed E-state index contributed by atoms with van der Waals surface area (Å²) in [5.74, 6) is -5.51. The largest absolute Gasteiger partial charge is 0.522 e. The summed E-state index contributed by atoms with van der Waals surface area (Å²) in [6.45, 7) is -1.96. The van der Waals surface area contributed by atoms with Crippen LogP contribution in [0.2, 0.25) is 0 Å². The maximum Gasteiger partial charge on any atom is 0.522 e. The number of hydrogen-bond acceptors (Lipinski definition) is 5. The molecular formula is C15H19F6N3O4. The molecule has 4 atom stereocenters. The number of alkyl halides is 6. The molecule has 0 aromatic carbocycles. The predicted molar refractivity (Wildman–Crippen MR) is 80.4 cm³/mol. The average Bonchev–Trinajstić information content (AvgIpc) is 3.15. The number of ether oxygens (including phenoxy) is 1. The molecule has 2 saturated heterocycles. The molecular weight excluding hydrogens is 400 g/mol. The fraction of sp³-hybridized carbons (Fsp3) is 0.800. The van der Waals surface area contributed by atoms with Crippen molar-refractivity contribution in [2.24, 2.45) is 17.6 Å². The first kappa shape index (κ1) is 22.4. The molecule has 13 heteroatoms. The Morgan fingerprint density at radius 2 is 1.89 bits per heavy atom. The molecule has 0 aromatic heterocycles. The lowest BCUT2D eigenvalue weighted by atomic mass is 9.94. The van der Waals surface area contributed by atoms with Crippen LogP contribution in [0.15, 0.2) is 0 Å². The Morgan fingerprint density at radius 3 is 2.36 bits per heavy atom. The molecule has 0 saturated carbocycles. The van der Waals surface area contributed by atoms with E-state index in [-0.39, 0.29) is 19.4 Å². The summed E-state index contributed by atoms with van der Waals surface area (Å²) in [6, 6.07) is -3.03. The molecule has 7 nitrogen and oxygen atoms in total. The summed E-state index contributed by atoms with van der Waals surface area (Å²) in [5, 5.41) is 2.48. The number of nitrogens with zero attached hydrogens (tertiary/aromatic N) is 1. The monoisotopic (exact) mass is 419 g/mol. The average molecular weight is 419 g/mol. The highest BCUT2D eigenvalue weighted by atomic mass is 19.4. The third-order valence-corrected chi connectivity index (χ3v) is 4.95.